The van der Waals surface area contributed by atoms with Crippen LogP contribution in [0.3, 0.4) is 0 Å². The van der Waals surface area contributed by atoms with E-state index >= 15 is 0 Å². The minimum Gasteiger partial charge on any atom is -0.388 e. The van der Waals surface area contributed by atoms with Crippen LogP contribution in [-0.4, -0.2) is 24.3 Å². The third-order valence-corrected chi connectivity index (χ3v) is 2.17. The van der Waals surface area contributed by atoms with Gasteiger partial charge in [-0.05, 0) is 19.4 Å². The molecule has 0 aliphatic carbocycles. The van der Waals surface area contributed by atoms with Crippen molar-refractivity contribution in [2.45, 2.75) is 32.8 Å². The molecule has 0 fully saturated rings. The first-order valence-corrected chi connectivity index (χ1v) is 3.93. The molecule has 62 valence electrons. The molecule has 0 aromatic heterocycles. The molecule has 0 amide bonds. The maximum Gasteiger partial charge on any atom is 0.0791 e. The van der Waals surface area contributed by atoms with Crippen LogP contribution in [0.25, 0.3) is 0 Å². The molecule has 0 saturated carbocycles. The Bertz CT molecular complexity index is 93.3. The zero-order chi connectivity index (χ0) is 8.20. The van der Waals surface area contributed by atoms with Crippen LogP contribution in [0.1, 0.15) is 27.2 Å². The standard InChI is InChI=1S/C8H19NO/c1-5-8(10,6-9-4)7(2)3/h7,9-10H,5-6H2,1-4H3. The molecular weight excluding hydrogens is 126 g/mol. The summed E-state index contributed by atoms with van der Waals surface area (Å²) >= 11 is 0. The van der Waals surface area contributed by atoms with Gasteiger partial charge in [-0.15, -0.1) is 0 Å². The quantitative estimate of drug-likeness (QED) is 0.618. The van der Waals surface area contributed by atoms with Gasteiger partial charge in [0.15, 0.2) is 0 Å². The van der Waals surface area contributed by atoms with Gasteiger partial charge in [-0.3, -0.25) is 0 Å². The molecule has 0 heterocycles. The second kappa shape index (κ2) is 3.94. The van der Waals surface area contributed by atoms with Gasteiger partial charge in [0.05, 0.1) is 5.60 Å². The number of rotatable bonds is 4. The van der Waals surface area contributed by atoms with Gasteiger partial charge in [-0.25, -0.2) is 0 Å². The van der Waals surface area contributed by atoms with Crippen LogP contribution in [-0.2, 0) is 0 Å². The first-order valence-electron chi connectivity index (χ1n) is 3.93. The lowest BCUT2D eigenvalue weighted by atomic mass is 9.88. The molecule has 0 aromatic carbocycles. The Morgan fingerprint density at radius 3 is 2.10 bits per heavy atom. The van der Waals surface area contributed by atoms with Gasteiger partial charge >= 0.3 is 0 Å². The van der Waals surface area contributed by atoms with Crippen LogP contribution in [0.15, 0.2) is 0 Å². The van der Waals surface area contributed by atoms with E-state index in [2.05, 4.69) is 5.32 Å². The van der Waals surface area contributed by atoms with Crippen LogP contribution < -0.4 is 5.32 Å². The van der Waals surface area contributed by atoms with Crippen LogP contribution in [0.5, 0.6) is 0 Å². The number of hydrogen-bond acceptors (Lipinski definition) is 2. The molecule has 0 aliphatic rings. The average molecular weight is 145 g/mol. The molecule has 1 atom stereocenters. The van der Waals surface area contributed by atoms with E-state index in [4.69, 9.17) is 0 Å². The zero-order valence-corrected chi connectivity index (χ0v) is 7.44. The SMILES string of the molecule is CCC(O)(CNC)C(C)C. The van der Waals surface area contributed by atoms with E-state index in [0.717, 1.165) is 6.42 Å². The van der Waals surface area contributed by atoms with Crippen molar-refractivity contribution in [2.24, 2.45) is 5.92 Å². The van der Waals surface area contributed by atoms with Crippen molar-refractivity contribution in [2.75, 3.05) is 13.6 Å². The molecule has 2 N–H and O–H groups in total. The van der Waals surface area contributed by atoms with Gasteiger partial charge in [0.2, 0.25) is 0 Å². The highest BCUT2D eigenvalue weighted by molar-refractivity contribution is 4.81. The van der Waals surface area contributed by atoms with E-state index in [1.807, 2.05) is 27.8 Å². The lowest BCUT2D eigenvalue weighted by molar-refractivity contribution is -0.00598. The van der Waals surface area contributed by atoms with Crippen molar-refractivity contribution in [1.82, 2.24) is 5.32 Å². The summed E-state index contributed by atoms with van der Waals surface area (Å²) in [5.41, 5.74) is -0.519. The summed E-state index contributed by atoms with van der Waals surface area (Å²) in [5, 5.41) is 12.8. The maximum absolute atomic E-state index is 9.83. The maximum atomic E-state index is 9.83. The number of hydrogen-bond donors (Lipinski definition) is 2. The molecule has 0 radical (unpaired) electrons. The number of likely N-dealkylation sites (N-methyl/N-ethyl adjacent to an activating group) is 1. The molecule has 2 nitrogen and oxygen atoms in total. The Labute approximate surface area is 63.6 Å². The van der Waals surface area contributed by atoms with Crippen LogP contribution in [0.2, 0.25) is 0 Å². The molecule has 0 spiro atoms. The van der Waals surface area contributed by atoms with E-state index in [1.54, 1.807) is 0 Å². The summed E-state index contributed by atoms with van der Waals surface area (Å²) in [6.07, 6.45) is 0.811. The topological polar surface area (TPSA) is 32.3 Å². The van der Waals surface area contributed by atoms with Crippen molar-refractivity contribution in [1.29, 1.82) is 0 Å². The monoisotopic (exact) mass is 145 g/mol. The highest BCUT2D eigenvalue weighted by Gasteiger charge is 2.27. The van der Waals surface area contributed by atoms with Gasteiger partial charge in [0.25, 0.3) is 0 Å². The highest BCUT2D eigenvalue weighted by atomic mass is 16.3. The fourth-order valence-corrected chi connectivity index (χ4v) is 1.04. The van der Waals surface area contributed by atoms with Crippen LogP contribution in [0, 0.1) is 5.92 Å². The number of nitrogens with one attached hydrogen (secondary N) is 1. The van der Waals surface area contributed by atoms with Gasteiger partial charge in [0.1, 0.15) is 0 Å². The van der Waals surface area contributed by atoms with Crippen molar-refractivity contribution in [3.8, 4) is 0 Å². The summed E-state index contributed by atoms with van der Waals surface area (Å²) in [7, 11) is 1.86. The minimum absolute atomic E-state index is 0.324. The molecular formula is C8H19NO. The largest absolute Gasteiger partial charge is 0.388 e. The Morgan fingerprint density at radius 2 is 2.00 bits per heavy atom. The van der Waals surface area contributed by atoms with Crippen molar-refractivity contribution < 1.29 is 5.11 Å². The highest BCUT2D eigenvalue weighted by Crippen LogP contribution is 2.19. The average Bonchev–Trinajstić information content (AvgIpc) is 1.88. The Kier molecular flexibility index (Phi) is 3.91. The van der Waals surface area contributed by atoms with Gasteiger partial charge in [-0.2, -0.15) is 0 Å². The third-order valence-electron chi connectivity index (χ3n) is 2.17. The Balaban J connectivity index is 3.94. The lowest BCUT2D eigenvalue weighted by Gasteiger charge is -2.30. The van der Waals surface area contributed by atoms with Crippen LogP contribution in [0.4, 0.5) is 0 Å². The summed E-state index contributed by atoms with van der Waals surface area (Å²) in [6.45, 7) is 6.78. The summed E-state index contributed by atoms with van der Waals surface area (Å²) < 4.78 is 0. The Morgan fingerprint density at radius 1 is 1.50 bits per heavy atom. The molecule has 0 bridgehead atoms. The molecule has 0 aliphatic heterocycles. The molecule has 1 unspecified atom stereocenters. The first-order chi connectivity index (χ1) is 4.56. The Hall–Kier alpha value is -0.0800. The van der Waals surface area contributed by atoms with Crippen LogP contribution >= 0.6 is 0 Å². The normalized spacial score (nSPS) is 17.4. The van der Waals surface area contributed by atoms with E-state index in [-0.39, 0.29) is 0 Å². The summed E-state index contributed by atoms with van der Waals surface area (Å²) in [5.74, 6) is 0.324. The summed E-state index contributed by atoms with van der Waals surface area (Å²) in [4.78, 5) is 0. The third kappa shape index (κ3) is 2.27. The second-order valence-electron chi connectivity index (χ2n) is 3.14. The molecule has 0 aromatic rings. The predicted molar refractivity (Wildman–Crippen MR) is 44.0 cm³/mol. The van der Waals surface area contributed by atoms with Crippen molar-refractivity contribution in [3.63, 3.8) is 0 Å². The molecule has 2 heteroatoms. The van der Waals surface area contributed by atoms with Gasteiger partial charge in [0, 0.05) is 6.54 Å². The van der Waals surface area contributed by atoms with Gasteiger partial charge in [-0.1, -0.05) is 20.8 Å². The minimum atomic E-state index is -0.519. The smallest absolute Gasteiger partial charge is 0.0791 e. The van der Waals surface area contributed by atoms with E-state index in [9.17, 15) is 5.11 Å². The fourth-order valence-electron chi connectivity index (χ4n) is 1.04. The van der Waals surface area contributed by atoms with E-state index < -0.39 is 5.60 Å². The second-order valence-corrected chi connectivity index (χ2v) is 3.14. The molecule has 0 rings (SSSR count). The van der Waals surface area contributed by atoms with Crippen molar-refractivity contribution in [3.05, 3.63) is 0 Å². The van der Waals surface area contributed by atoms with Gasteiger partial charge < -0.3 is 10.4 Å². The van der Waals surface area contributed by atoms with E-state index in [0.29, 0.717) is 12.5 Å². The fraction of sp³-hybridized carbons (Fsp3) is 1.00. The van der Waals surface area contributed by atoms with E-state index in [1.165, 1.54) is 0 Å². The molecule has 10 heavy (non-hydrogen) atoms. The predicted octanol–water partition coefficient (Wildman–Crippen LogP) is 1.00. The first kappa shape index (κ1) is 9.92. The lowest BCUT2D eigenvalue weighted by Crippen LogP contribution is -2.43. The zero-order valence-electron chi connectivity index (χ0n) is 7.44. The molecule has 0 saturated heterocycles. The summed E-state index contributed by atoms with van der Waals surface area (Å²) in [6, 6.07) is 0. The number of aliphatic hydroxyl groups is 1. The van der Waals surface area contributed by atoms with Crippen molar-refractivity contribution >= 4 is 0 Å².